The lowest BCUT2D eigenvalue weighted by Crippen LogP contribution is -2.54. The van der Waals surface area contributed by atoms with Crippen molar-refractivity contribution in [2.45, 2.75) is 52.1 Å². The number of nitrogens with one attached hydrogen (secondary N) is 1. The Balaban J connectivity index is 1.90. The van der Waals surface area contributed by atoms with Crippen LogP contribution in [0.15, 0.2) is 0 Å². The molecule has 1 saturated carbocycles. The van der Waals surface area contributed by atoms with Crippen LogP contribution in [0.1, 0.15) is 40.0 Å². The molecule has 0 amide bonds. The Labute approximate surface area is 119 Å². The molecule has 2 aliphatic rings. The van der Waals surface area contributed by atoms with Gasteiger partial charge in [-0.15, -0.1) is 0 Å². The van der Waals surface area contributed by atoms with Crippen molar-refractivity contribution in [2.75, 3.05) is 39.8 Å². The minimum Gasteiger partial charge on any atom is -0.314 e. The molecule has 1 saturated heterocycles. The van der Waals surface area contributed by atoms with Crippen molar-refractivity contribution < 1.29 is 0 Å². The molecule has 1 heterocycles. The zero-order valence-corrected chi connectivity index (χ0v) is 13.4. The molecule has 0 aromatic heterocycles. The Morgan fingerprint density at radius 3 is 2.63 bits per heavy atom. The first-order chi connectivity index (χ1) is 9.10. The van der Waals surface area contributed by atoms with Gasteiger partial charge in [-0.25, -0.2) is 0 Å². The molecule has 112 valence electrons. The zero-order valence-electron chi connectivity index (χ0n) is 13.4. The Morgan fingerprint density at radius 2 is 1.95 bits per heavy atom. The molecule has 1 aliphatic heterocycles. The Hall–Kier alpha value is -0.120. The summed E-state index contributed by atoms with van der Waals surface area (Å²) < 4.78 is 0. The van der Waals surface area contributed by atoms with Crippen LogP contribution in [0.5, 0.6) is 0 Å². The van der Waals surface area contributed by atoms with Gasteiger partial charge < -0.3 is 10.2 Å². The lowest BCUT2D eigenvalue weighted by Gasteiger charge is -2.43. The Bertz CT molecular complexity index is 269. The number of rotatable bonds is 4. The molecular formula is C16H33N3. The maximum Gasteiger partial charge on any atom is 0.0195 e. The monoisotopic (exact) mass is 267 g/mol. The van der Waals surface area contributed by atoms with Crippen molar-refractivity contribution >= 4 is 0 Å². The van der Waals surface area contributed by atoms with Crippen LogP contribution < -0.4 is 5.32 Å². The summed E-state index contributed by atoms with van der Waals surface area (Å²) in [5.74, 6) is 1.78. The van der Waals surface area contributed by atoms with Gasteiger partial charge in [-0.3, -0.25) is 4.90 Å². The van der Waals surface area contributed by atoms with Crippen LogP contribution in [0.25, 0.3) is 0 Å². The van der Waals surface area contributed by atoms with E-state index in [-0.39, 0.29) is 0 Å². The van der Waals surface area contributed by atoms with Crippen molar-refractivity contribution in [3.8, 4) is 0 Å². The summed E-state index contributed by atoms with van der Waals surface area (Å²) in [6, 6.07) is 1.48. The third kappa shape index (κ3) is 4.17. The van der Waals surface area contributed by atoms with Gasteiger partial charge in [-0.2, -0.15) is 0 Å². The molecule has 4 atom stereocenters. The van der Waals surface area contributed by atoms with Crippen LogP contribution in [0, 0.1) is 11.8 Å². The van der Waals surface area contributed by atoms with E-state index in [0.29, 0.717) is 0 Å². The molecule has 0 aromatic carbocycles. The molecule has 1 N–H and O–H groups in total. The van der Waals surface area contributed by atoms with Crippen molar-refractivity contribution in [1.82, 2.24) is 15.1 Å². The summed E-state index contributed by atoms with van der Waals surface area (Å²) >= 11 is 0. The van der Waals surface area contributed by atoms with E-state index in [2.05, 4.69) is 42.9 Å². The SMILES string of the molecule is CCNC1CCC(C)CC1CN1CCN(C)CC1C. The quantitative estimate of drug-likeness (QED) is 0.841. The van der Waals surface area contributed by atoms with Crippen molar-refractivity contribution in [3.63, 3.8) is 0 Å². The fraction of sp³-hybridized carbons (Fsp3) is 1.00. The third-order valence-electron chi connectivity index (χ3n) is 5.15. The second-order valence-electron chi connectivity index (χ2n) is 6.95. The summed E-state index contributed by atoms with van der Waals surface area (Å²) in [6.07, 6.45) is 4.20. The highest BCUT2D eigenvalue weighted by Gasteiger charge is 2.31. The van der Waals surface area contributed by atoms with Crippen molar-refractivity contribution in [2.24, 2.45) is 11.8 Å². The van der Waals surface area contributed by atoms with E-state index in [9.17, 15) is 0 Å². The lowest BCUT2D eigenvalue weighted by atomic mass is 9.78. The number of hydrogen-bond donors (Lipinski definition) is 1. The van der Waals surface area contributed by atoms with Crippen LogP contribution >= 0.6 is 0 Å². The minimum absolute atomic E-state index is 0.721. The smallest absolute Gasteiger partial charge is 0.0195 e. The fourth-order valence-electron chi connectivity index (χ4n) is 3.98. The number of piperazine rings is 1. The van der Waals surface area contributed by atoms with Crippen LogP contribution in [0.3, 0.4) is 0 Å². The van der Waals surface area contributed by atoms with Gasteiger partial charge in [-0.1, -0.05) is 13.8 Å². The van der Waals surface area contributed by atoms with Crippen LogP contribution in [-0.2, 0) is 0 Å². The second-order valence-corrected chi connectivity index (χ2v) is 6.95. The van der Waals surface area contributed by atoms with Gasteiger partial charge in [-0.05, 0) is 51.6 Å². The fourth-order valence-corrected chi connectivity index (χ4v) is 3.98. The Morgan fingerprint density at radius 1 is 1.16 bits per heavy atom. The molecule has 3 heteroatoms. The van der Waals surface area contributed by atoms with E-state index in [0.717, 1.165) is 30.5 Å². The normalized spacial score (nSPS) is 38.5. The first kappa shape index (κ1) is 15.3. The van der Waals surface area contributed by atoms with Gasteiger partial charge >= 0.3 is 0 Å². The van der Waals surface area contributed by atoms with Crippen LogP contribution in [-0.4, -0.2) is 61.7 Å². The standard InChI is InChI=1S/C16H33N3/c1-5-17-16-7-6-13(2)10-15(16)12-19-9-8-18(4)11-14(19)3/h13-17H,5-12H2,1-4H3. The van der Waals surface area contributed by atoms with Crippen molar-refractivity contribution in [3.05, 3.63) is 0 Å². The minimum atomic E-state index is 0.721. The summed E-state index contributed by atoms with van der Waals surface area (Å²) in [4.78, 5) is 5.19. The molecule has 2 rings (SSSR count). The number of hydrogen-bond acceptors (Lipinski definition) is 3. The lowest BCUT2D eigenvalue weighted by molar-refractivity contribution is 0.0632. The molecule has 1 aliphatic carbocycles. The van der Waals surface area contributed by atoms with Crippen LogP contribution in [0.2, 0.25) is 0 Å². The first-order valence-electron chi connectivity index (χ1n) is 8.26. The van der Waals surface area contributed by atoms with E-state index in [1.54, 1.807) is 0 Å². The molecule has 0 bridgehead atoms. The molecule has 19 heavy (non-hydrogen) atoms. The largest absolute Gasteiger partial charge is 0.314 e. The molecule has 0 radical (unpaired) electrons. The molecular weight excluding hydrogens is 234 g/mol. The van der Waals surface area contributed by atoms with Gasteiger partial charge in [0.15, 0.2) is 0 Å². The van der Waals surface area contributed by atoms with Gasteiger partial charge in [0.05, 0.1) is 0 Å². The highest BCUT2D eigenvalue weighted by Crippen LogP contribution is 2.30. The van der Waals surface area contributed by atoms with Gasteiger partial charge in [0, 0.05) is 38.3 Å². The summed E-state index contributed by atoms with van der Waals surface area (Å²) in [7, 11) is 2.25. The predicted molar refractivity (Wildman–Crippen MR) is 82.5 cm³/mol. The van der Waals surface area contributed by atoms with E-state index >= 15 is 0 Å². The zero-order chi connectivity index (χ0) is 13.8. The summed E-state index contributed by atoms with van der Waals surface area (Å²) in [5.41, 5.74) is 0. The summed E-state index contributed by atoms with van der Waals surface area (Å²) in [5, 5.41) is 3.73. The molecule has 0 spiro atoms. The van der Waals surface area contributed by atoms with Crippen molar-refractivity contribution in [1.29, 1.82) is 0 Å². The van der Waals surface area contributed by atoms with E-state index < -0.39 is 0 Å². The second kappa shape index (κ2) is 7.05. The average molecular weight is 267 g/mol. The maximum atomic E-state index is 3.73. The highest BCUT2D eigenvalue weighted by atomic mass is 15.3. The predicted octanol–water partition coefficient (Wildman–Crippen LogP) is 2.04. The van der Waals surface area contributed by atoms with E-state index in [1.165, 1.54) is 45.4 Å². The molecule has 2 fully saturated rings. The highest BCUT2D eigenvalue weighted by molar-refractivity contribution is 4.88. The molecule has 0 aromatic rings. The van der Waals surface area contributed by atoms with Gasteiger partial charge in [0.1, 0.15) is 0 Å². The van der Waals surface area contributed by atoms with Gasteiger partial charge in [0.25, 0.3) is 0 Å². The van der Waals surface area contributed by atoms with Gasteiger partial charge in [0.2, 0.25) is 0 Å². The van der Waals surface area contributed by atoms with E-state index in [1.807, 2.05) is 0 Å². The topological polar surface area (TPSA) is 18.5 Å². The molecule has 3 nitrogen and oxygen atoms in total. The molecule has 4 unspecified atom stereocenters. The number of likely N-dealkylation sites (N-methyl/N-ethyl adjacent to an activating group) is 1. The Kier molecular flexibility index (Phi) is 5.67. The third-order valence-corrected chi connectivity index (χ3v) is 5.15. The van der Waals surface area contributed by atoms with E-state index in [4.69, 9.17) is 0 Å². The maximum absolute atomic E-state index is 3.73. The van der Waals surface area contributed by atoms with Crippen LogP contribution in [0.4, 0.5) is 0 Å². The average Bonchev–Trinajstić information content (AvgIpc) is 2.36. The first-order valence-corrected chi connectivity index (χ1v) is 8.26. The number of nitrogens with zero attached hydrogens (tertiary/aromatic N) is 2. The summed E-state index contributed by atoms with van der Waals surface area (Å²) in [6.45, 7) is 13.2.